The third-order valence-electron chi connectivity index (χ3n) is 4.79. The summed E-state index contributed by atoms with van der Waals surface area (Å²) < 4.78 is 5.10. The summed E-state index contributed by atoms with van der Waals surface area (Å²) in [5.41, 5.74) is 1.05. The standard InChI is InChI=1S/C19H23ClN2O2S/c1-19(2,12-21)25-11-17(14-3-4-14)22-16(9-24-10-18(22)23)13-5-7-15(20)8-6-13/h5-8,14,16-17H,3-4,9-11H2,1-2H3. The summed E-state index contributed by atoms with van der Waals surface area (Å²) in [5.74, 6) is 1.35. The summed E-state index contributed by atoms with van der Waals surface area (Å²) in [7, 11) is 0. The van der Waals surface area contributed by atoms with E-state index in [1.54, 1.807) is 11.8 Å². The Morgan fingerprint density at radius 2 is 2.08 bits per heavy atom. The highest BCUT2D eigenvalue weighted by atomic mass is 35.5. The fraction of sp³-hybridized carbons (Fsp3) is 0.579. The minimum Gasteiger partial charge on any atom is -0.369 e. The van der Waals surface area contributed by atoms with Gasteiger partial charge in [0.05, 0.1) is 23.5 Å². The molecule has 0 bridgehead atoms. The fourth-order valence-corrected chi connectivity index (χ4v) is 4.41. The number of nitrogens with zero attached hydrogens (tertiary/aromatic N) is 2. The van der Waals surface area contributed by atoms with Gasteiger partial charge in [0, 0.05) is 16.8 Å². The highest BCUT2D eigenvalue weighted by Crippen LogP contribution is 2.42. The average molecular weight is 379 g/mol. The molecule has 0 N–H and O–H groups in total. The van der Waals surface area contributed by atoms with E-state index >= 15 is 0 Å². The van der Waals surface area contributed by atoms with E-state index < -0.39 is 4.75 Å². The summed E-state index contributed by atoms with van der Waals surface area (Å²) in [6, 6.07) is 10.1. The number of carbonyl (C=O) groups excluding carboxylic acids is 1. The van der Waals surface area contributed by atoms with Gasteiger partial charge >= 0.3 is 0 Å². The van der Waals surface area contributed by atoms with Crippen LogP contribution in [0.5, 0.6) is 0 Å². The molecule has 1 aliphatic heterocycles. The number of thioether (sulfide) groups is 1. The minimum atomic E-state index is -0.446. The maximum Gasteiger partial charge on any atom is 0.249 e. The predicted molar refractivity (Wildman–Crippen MR) is 101 cm³/mol. The van der Waals surface area contributed by atoms with Crippen molar-refractivity contribution in [3.05, 3.63) is 34.9 Å². The van der Waals surface area contributed by atoms with Crippen LogP contribution in [-0.2, 0) is 9.53 Å². The number of carbonyl (C=O) groups is 1. The third kappa shape index (κ3) is 4.49. The molecule has 0 radical (unpaired) electrons. The van der Waals surface area contributed by atoms with Gasteiger partial charge in [0.1, 0.15) is 6.61 Å². The van der Waals surface area contributed by atoms with Crippen LogP contribution < -0.4 is 0 Å². The molecule has 0 spiro atoms. The lowest BCUT2D eigenvalue weighted by molar-refractivity contribution is -0.152. The second kappa shape index (κ2) is 7.57. The zero-order chi connectivity index (χ0) is 18.0. The van der Waals surface area contributed by atoms with Crippen molar-refractivity contribution in [2.24, 2.45) is 5.92 Å². The maximum atomic E-state index is 12.7. The quantitative estimate of drug-likeness (QED) is 0.749. The van der Waals surface area contributed by atoms with E-state index in [4.69, 9.17) is 16.3 Å². The molecule has 1 amide bonds. The number of ether oxygens (including phenoxy) is 1. The number of amides is 1. The Labute approximate surface area is 158 Å². The van der Waals surface area contributed by atoms with Crippen LogP contribution in [0.2, 0.25) is 5.02 Å². The van der Waals surface area contributed by atoms with E-state index in [1.165, 1.54) is 0 Å². The first-order valence-corrected chi connectivity index (χ1v) is 9.97. The van der Waals surface area contributed by atoms with Gasteiger partial charge in [-0.05, 0) is 50.3 Å². The van der Waals surface area contributed by atoms with E-state index in [2.05, 4.69) is 6.07 Å². The maximum absolute atomic E-state index is 12.7. The molecule has 1 heterocycles. The molecule has 0 aromatic heterocycles. The fourth-order valence-electron chi connectivity index (χ4n) is 3.19. The van der Waals surface area contributed by atoms with Gasteiger partial charge in [-0.2, -0.15) is 5.26 Å². The van der Waals surface area contributed by atoms with Crippen LogP contribution in [0.15, 0.2) is 24.3 Å². The van der Waals surface area contributed by atoms with E-state index in [-0.39, 0.29) is 24.6 Å². The van der Waals surface area contributed by atoms with Crippen molar-refractivity contribution < 1.29 is 9.53 Å². The molecule has 1 aromatic rings. The first kappa shape index (κ1) is 18.6. The highest BCUT2D eigenvalue weighted by Gasteiger charge is 2.43. The van der Waals surface area contributed by atoms with Crippen LogP contribution >= 0.6 is 23.4 Å². The first-order chi connectivity index (χ1) is 11.9. The Morgan fingerprint density at radius 3 is 2.68 bits per heavy atom. The van der Waals surface area contributed by atoms with Crippen molar-refractivity contribution in [3.8, 4) is 6.07 Å². The lowest BCUT2D eigenvalue weighted by Gasteiger charge is -2.42. The Bertz CT molecular complexity index is 667. The predicted octanol–water partition coefficient (Wildman–Crippen LogP) is 4.05. The van der Waals surface area contributed by atoms with Crippen molar-refractivity contribution >= 4 is 29.3 Å². The topological polar surface area (TPSA) is 53.3 Å². The molecule has 6 heteroatoms. The molecule has 2 atom stereocenters. The van der Waals surface area contributed by atoms with Crippen LogP contribution in [0.4, 0.5) is 0 Å². The molecule has 4 nitrogen and oxygen atoms in total. The van der Waals surface area contributed by atoms with E-state index in [9.17, 15) is 10.1 Å². The van der Waals surface area contributed by atoms with Crippen molar-refractivity contribution in [3.63, 3.8) is 0 Å². The van der Waals surface area contributed by atoms with Crippen LogP contribution in [0, 0.1) is 17.2 Å². The van der Waals surface area contributed by atoms with Crippen molar-refractivity contribution in [2.45, 2.75) is 43.5 Å². The molecule has 1 saturated heterocycles. The van der Waals surface area contributed by atoms with Gasteiger partial charge in [0.2, 0.25) is 5.91 Å². The smallest absolute Gasteiger partial charge is 0.249 e. The van der Waals surface area contributed by atoms with Crippen LogP contribution in [-0.4, -0.2) is 40.6 Å². The number of morpholine rings is 1. The monoisotopic (exact) mass is 378 g/mol. The van der Waals surface area contributed by atoms with Crippen LogP contribution in [0.25, 0.3) is 0 Å². The molecule has 3 rings (SSSR count). The molecule has 134 valence electrons. The normalized spacial score (nSPS) is 22.6. The Hall–Kier alpha value is -1.22. The zero-order valence-electron chi connectivity index (χ0n) is 14.6. The van der Waals surface area contributed by atoms with Gasteiger partial charge in [-0.3, -0.25) is 4.79 Å². The minimum absolute atomic E-state index is 0.0402. The Balaban J connectivity index is 1.84. The summed E-state index contributed by atoms with van der Waals surface area (Å²) in [5, 5.41) is 9.98. The van der Waals surface area contributed by atoms with Gasteiger partial charge in [-0.1, -0.05) is 23.7 Å². The van der Waals surface area contributed by atoms with Crippen molar-refractivity contribution in [1.29, 1.82) is 5.26 Å². The Kier molecular flexibility index (Phi) is 5.62. The van der Waals surface area contributed by atoms with Crippen molar-refractivity contribution in [2.75, 3.05) is 19.0 Å². The lowest BCUT2D eigenvalue weighted by Crippen LogP contribution is -2.51. The van der Waals surface area contributed by atoms with Crippen LogP contribution in [0.3, 0.4) is 0 Å². The second-order valence-corrected chi connectivity index (χ2v) is 9.30. The van der Waals surface area contributed by atoms with E-state index in [0.717, 1.165) is 24.2 Å². The first-order valence-electron chi connectivity index (χ1n) is 8.61. The molecule has 2 fully saturated rings. The molecule has 25 heavy (non-hydrogen) atoms. The number of halogens is 1. The SMILES string of the molecule is CC(C)(C#N)SCC(C1CC1)N1C(=O)COCC1c1ccc(Cl)cc1. The summed E-state index contributed by atoms with van der Waals surface area (Å²) >= 11 is 7.64. The molecule has 1 saturated carbocycles. The van der Waals surface area contributed by atoms with E-state index in [1.807, 2.05) is 43.0 Å². The highest BCUT2D eigenvalue weighted by molar-refractivity contribution is 8.00. The summed E-state index contributed by atoms with van der Waals surface area (Å²) in [4.78, 5) is 14.7. The number of nitriles is 1. The Morgan fingerprint density at radius 1 is 1.40 bits per heavy atom. The van der Waals surface area contributed by atoms with Gasteiger partial charge < -0.3 is 9.64 Å². The number of hydrogen-bond acceptors (Lipinski definition) is 4. The third-order valence-corrected chi connectivity index (χ3v) is 6.36. The number of hydrogen-bond donors (Lipinski definition) is 0. The van der Waals surface area contributed by atoms with Gasteiger partial charge in [-0.15, -0.1) is 11.8 Å². The van der Waals surface area contributed by atoms with Crippen molar-refractivity contribution in [1.82, 2.24) is 4.90 Å². The molecule has 2 aliphatic rings. The van der Waals surface area contributed by atoms with E-state index in [0.29, 0.717) is 17.5 Å². The number of rotatable bonds is 6. The van der Waals surface area contributed by atoms with Crippen LogP contribution in [0.1, 0.15) is 38.3 Å². The second-order valence-electron chi connectivity index (χ2n) is 7.22. The molecule has 2 unspecified atom stereocenters. The summed E-state index contributed by atoms with van der Waals surface area (Å²) in [6.45, 7) is 4.50. The largest absolute Gasteiger partial charge is 0.369 e. The average Bonchev–Trinajstić information content (AvgIpc) is 3.42. The molecule has 1 aliphatic carbocycles. The molecule has 1 aromatic carbocycles. The lowest BCUT2D eigenvalue weighted by atomic mass is 10.0. The van der Waals surface area contributed by atoms with Gasteiger partial charge in [0.25, 0.3) is 0 Å². The van der Waals surface area contributed by atoms with Gasteiger partial charge in [-0.25, -0.2) is 0 Å². The van der Waals surface area contributed by atoms with Gasteiger partial charge in [0.15, 0.2) is 0 Å². The molecular formula is C19H23ClN2O2S. The zero-order valence-corrected chi connectivity index (χ0v) is 16.1. The molecular weight excluding hydrogens is 356 g/mol. The number of benzene rings is 1. The summed E-state index contributed by atoms with van der Waals surface area (Å²) in [6.07, 6.45) is 2.30.